The van der Waals surface area contributed by atoms with Gasteiger partial charge in [-0.1, -0.05) is 36.7 Å². The summed E-state index contributed by atoms with van der Waals surface area (Å²) in [6.07, 6.45) is 0.625. The maximum absolute atomic E-state index is 13.6. The van der Waals surface area contributed by atoms with E-state index in [4.69, 9.17) is 21.1 Å². The summed E-state index contributed by atoms with van der Waals surface area (Å²) in [4.78, 5) is 13.2. The van der Waals surface area contributed by atoms with Crippen molar-refractivity contribution in [2.24, 2.45) is 0 Å². The predicted molar refractivity (Wildman–Crippen MR) is 138 cm³/mol. The summed E-state index contributed by atoms with van der Waals surface area (Å²) in [5.74, 6) is 0.839. The molecule has 9 heteroatoms. The second-order valence-electron chi connectivity index (χ2n) is 7.92. The topological polar surface area (TPSA) is 84.9 Å². The van der Waals surface area contributed by atoms with Gasteiger partial charge in [-0.2, -0.15) is 0 Å². The number of rotatable bonds is 10. The Morgan fingerprint density at radius 3 is 2.31 bits per heavy atom. The molecule has 0 aliphatic carbocycles. The van der Waals surface area contributed by atoms with Crippen molar-refractivity contribution in [2.45, 2.75) is 31.2 Å². The third kappa shape index (κ3) is 6.26. The van der Waals surface area contributed by atoms with Gasteiger partial charge < -0.3 is 14.8 Å². The van der Waals surface area contributed by atoms with Gasteiger partial charge in [0, 0.05) is 5.02 Å². The van der Waals surface area contributed by atoms with E-state index < -0.39 is 22.5 Å². The van der Waals surface area contributed by atoms with Crippen LogP contribution >= 0.6 is 11.6 Å². The van der Waals surface area contributed by atoms with Crippen LogP contribution in [0, 0.1) is 6.92 Å². The SMILES string of the molecule is CCC(NC(=O)CN(c1cccc(Cl)c1)S(=O)(=O)c1ccc(OC)cc1)c1ccc(OC)c(C)c1. The zero-order valence-electron chi connectivity index (χ0n) is 20.1. The molecular formula is C26H29ClN2O5S. The fraction of sp³-hybridized carbons (Fsp3) is 0.269. The fourth-order valence-corrected chi connectivity index (χ4v) is 5.33. The molecule has 0 bridgehead atoms. The van der Waals surface area contributed by atoms with E-state index >= 15 is 0 Å². The molecule has 1 amide bonds. The van der Waals surface area contributed by atoms with Gasteiger partial charge >= 0.3 is 0 Å². The lowest BCUT2D eigenvalue weighted by molar-refractivity contribution is -0.120. The normalized spacial score (nSPS) is 12.0. The molecule has 186 valence electrons. The first-order valence-corrected chi connectivity index (χ1v) is 12.9. The van der Waals surface area contributed by atoms with Gasteiger partial charge in [0.2, 0.25) is 5.91 Å². The Bertz CT molecular complexity index is 1280. The molecule has 0 saturated heterocycles. The summed E-state index contributed by atoms with van der Waals surface area (Å²) in [6.45, 7) is 3.47. The van der Waals surface area contributed by atoms with E-state index in [2.05, 4.69) is 5.32 Å². The Morgan fingerprint density at radius 1 is 1.03 bits per heavy atom. The van der Waals surface area contributed by atoms with Crippen LogP contribution in [-0.4, -0.2) is 35.1 Å². The van der Waals surface area contributed by atoms with Gasteiger partial charge in [-0.05, 0) is 73.0 Å². The molecule has 0 radical (unpaired) electrons. The standard InChI is InChI=1S/C26H29ClN2O5S/c1-5-24(19-9-14-25(34-4)18(2)15-19)28-26(30)17-29(21-8-6-7-20(27)16-21)35(31,32)23-12-10-22(33-3)11-13-23/h6-16,24H,5,17H2,1-4H3,(H,28,30). The Kier molecular flexibility index (Phi) is 8.64. The minimum atomic E-state index is -4.07. The number of nitrogens with zero attached hydrogens (tertiary/aromatic N) is 1. The van der Waals surface area contributed by atoms with Crippen molar-refractivity contribution in [1.29, 1.82) is 0 Å². The Balaban J connectivity index is 1.90. The lowest BCUT2D eigenvalue weighted by Gasteiger charge is -2.26. The van der Waals surface area contributed by atoms with Crippen molar-refractivity contribution in [2.75, 3.05) is 25.1 Å². The number of halogens is 1. The van der Waals surface area contributed by atoms with E-state index in [-0.39, 0.29) is 16.6 Å². The number of hydrogen-bond acceptors (Lipinski definition) is 5. The molecule has 3 rings (SSSR count). The van der Waals surface area contributed by atoms with Crippen LogP contribution in [0.5, 0.6) is 11.5 Å². The Hall–Kier alpha value is -3.23. The predicted octanol–water partition coefficient (Wildman–Crippen LogP) is 5.13. The minimum Gasteiger partial charge on any atom is -0.497 e. The molecule has 1 unspecified atom stereocenters. The molecule has 0 aliphatic heterocycles. The molecule has 0 fully saturated rings. The molecule has 3 aromatic carbocycles. The van der Waals surface area contributed by atoms with E-state index in [9.17, 15) is 13.2 Å². The second kappa shape index (κ2) is 11.5. The van der Waals surface area contributed by atoms with Gasteiger partial charge in [0.1, 0.15) is 18.0 Å². The highest BCUT2D eigenvalue weighted by atomic mass is 35.5. The quantitative estimate of drug-likeness (QED) is 0.404. The molecule has 1 atom stereocenters. The van der Waals surface area contributed by atoms with Gasteiger partial charge in [0.25, 0.3) is 10.0 Å². The number of carbonyl (C=O) groups is 1. The van der Waals surface area contributed by atoms with Crippen LogP contribution in [0.3, 0.4) is 0 Å². The maximum Gasteiger partial charge on any atom is 0.264 e. The summed E-state index contributed by atoms with van der Waals surface area (Å²) in [6, 6.07) is 17.8. The summed E-state index contributed by atoms with van der Waals surface area (Å²) in [7, 11) is -0.966. The molecule has 0 heterocycles. The van der Waals surface area contributed by atoms with Gasteiger partial charge in [0.15, 0.2) is 0 Å². The number of aryl methyl sites for hydroxylation is 1. The molecule has 1 N–H and O–H groups in total. The number of hydrogen-bond donors (Lipinski definition) is 1. The zero-order valence-corrected chi connectivity index (χ0v) is 21.7. The first-order valence-electron chi connectivity index (χ1n) is 11.1. The van der Waals surface area contributed by atoms with Crippen LogP contribution in [0.25, 0.3) is 0 Å². The van der Waals surface area contributed by atoms with Crippen LogP contribution < -0.4 is 19.1 Å². The summed E-state index contributed by atoms with van der Waals surface area (Å²) in [5.41, 5.74) is 2.14. The van der Waals surface area contributed by atoms with Crippen molar-refractivity contribution < 1.29 is 22.7 Å². The average Bonchev–Trinajstić information content (AvgIpc) is 2.85. The third-order valence-electron chi connectivity index (χ3n) is 5.60. The maximum atomic E-state index is 13.6. The van der Waals surface area contributed by atoms with E-state index in [1.54, 1.807) is 37.4 Å². The largest absolute Gasteiger partial charge is 0.497 e. The van der Waals surface area contributed by atoms with Crippen molar-refractivity contribution in [3.63, 3.8) is 0 Å². The van der Waals surface area contributed by atoms with Crippen LogP contribution in [0.15, 0.2) is 71.6 Å². The number of ether oxygens (including phenoxy) is 2. The number of carbonyl (C=O) groups excluding carboxylic acids is 1. The monoisotopic (exact) mass is 516 g/mol. The van der Waals surface area contributed by atoms with E-state index in [1.165, 1.54) is 25.3 Å². The highest BCUT2D eigenvalue weighted by Crippen LogP contribution is 2.28. The number of nitrogens with one attached hydrogen (secondary N) is 1. The van der Waals surface area contributed by atoms with Crippen LogP contribution in [0.1, 0.15) is 30.5 Å². The van der Waals surface area contributed by atoms with Gasteiger partial charge in [-0.15, -0.1) is 0 Å². The van der Waals surface area contributed by atoms with Crippen molar-refractivity contribution in [3.05, 3.63) is 82.9 Å². The summed E-state index contributed by atoms with van der Waals surface area (Å²) in [5, 5.41) is 3.32. The van der Waals surface area contributed by atoms with Crippen LogP contribution in [0.2, 0.25) is 5.02 Å². The Labute approximate surface area is 211 Å². The number of benzene rings is 3. The zero-order chi connectivity index (χ0) is 25.6. The second-order valence-corrected chi connectivity index (χ2v) is 10.2. The first kappa shape index (κ1) is 26.4. The van der Waals surface area contributed by atoms with Crippen LogP contribution in [-0.2, 0) is 14.8 Å². The number of anilines is 1. The van der Waals surface area contributed by atoms with E-state index in [0.717, 1.165) is 21.2 Å². The van der Waals surface area contributed by atoms with Crippen LogP contribution in [0.4, 0.5) is 5.69 Å². The van der Waals surface area contributed by atoms with Crippen molar-refractivity contribution >= 4 is 33.2 Å². The average molecular weight is 517 g/mol. The lowest BCUT2D eigenvalue weighted by atomic mass is 10.0. The number of methoxy groups -OCH3 is 2. The summed E-state index contributed by atoms with van der Waals surface area (Å²) >= 11 is 6.14. The lowest BCUT2D eigenvalue weighted by Crippen LogP contribution is -2.42. The minimum absolute atomic E-state index is 0.0314. The molecular weight excluding hydrogens is 488 g/mol. The van der Waals surface area contributed by atoms with Gasteiger partial charge in [-0.3, -0.25) is 9.10 Å². The highest BCUT2D eigenvalue weighted by Gasteiger charge is 2.28. The molecule has 7 nitrogen and oxygen atoms in total. The smallest absolute Gasteiger partial charge is 0.264 e. The van der Waals surface area contributed by atoms with Gasteiger partial charge in [-0.25, -0.2) is 8.42 Å². The van der Waals surface area contributed by atoms with E-state index in [1.807, 2.05) is 32.0 Å². The number of amides is 1. The molecule has 0 aliphatic rings. The fourth-order valence-electron chi connectivity index (χ4n) is 3.73. The van der Waals surface area contributed by atoms with Crippen molar-refractivity contribution in [3.8, 4) is 11.5 Å². The van der Waals surface area contributed by atoms with Crippen molar-refractivity contribution in [1.82, 2.24) is 5.32 Å². The number of sulfonamides is 1. The molecule has 0 saturated carbocycles. The highest BCUT2D eigenvalue weighted by molar-refractivity contribution is 7.92. The first-order chi connectivity index (χ1) is 16.7. The van der Waals surface area contributed by atoms with E-state index in [0.29, 0.717) is 17.2 Å². The third-order valence-corrected chi connectivity index (χ3v) is 7.62. The molecule has 0 spiro atoms. The molecule has 0 aromatic heterocycles. The Morgan fingerprint density at radius 2 is 1.74 bits per heavy atom. The summed E-state index contributed by atoms with van der Waals surface area (Å²) < 4.78 is 38.6. The van der Waals surface area contributed by atoms with Gasteiger partial charge in [0.05, 0.1) is 30.8 Å². The molecule has 35 heavy (non-hydrogen) atoms. The molecule has 3 aromatic rings.